The monoisotopic (exact) mass is 484 g/mol. The largest absolute Gasteiger partial charge is 0.486 e. The van der Waals surface area contributed by atoms with E-state index in [0.717, 1.165) is 18.9 Å². The van der Waals surface area contributed by atoms with E-state index < -0.39 is 6.10 Å². The number of anilines is 2. The molecule has 4 rings (SSSR count). The number of benzene rings is 1. The molecule has 1 saturated heterocycles. The smallest absolute Gasteiger partial charge is 0.151 e. The first kappa shape index (κ1) is 23.3. The number of nitrogens with one attached hydrogen (secondary N) is 1. The van der Waals surface area contributed by atoms with E-state index in [9.17, 15) is 0 Å². The Morgan fingerprint density at radius 1 is 1.21 bits per heavy atom. The van der Waals surface area contributed by atoms with Gasteiger partial charge >= 0.3 is 0 Å². The molecule has 1 aliphatic rings. The molecule has 3 heterocycles. The normalized spacial score (nSPS) is 16.6. The highest BCUT2D eigenvalue weighted by Gasteiger charge is 2.23. The SMILES string of the molecule is CCC1CCN(c2ccc(C(=N)c3cc(O[C@H](C)c4c(Cl)cncc4Cl)ccc3N)nn2)C1. The average Bonchev–Trinajstić information content (AvgIpc) is 3.29. The predicted octanol–water partition coefficient (Wildman–Crippen LogP) is 5.55. The molecule has 2 aromatic heterocycles. The Balaban J connectivity index is 1.52. The van der Waals surface area contributed by atoms with Crippen LogP contribution in [0.15, 0.2) is 42.7 Å². The summed E-state index contributed by atoms with van der Waals surface area (Å²) in [5.74, 6) is 2.08. The summed E-state index contributed by atoms with van der Waals surface area (Å²) in [5, 5.41) is 18.2. The zero-order chi connectivity index (χ0) is 23.5. The van der Waals surface area contributed by atoms with Crippen LogP contribution in [0, 0.1) is 11.3 Å². The lowest BCUT2D eigenvalue weighted by atomic mass is 10.0. The summed E-state index contributed by atoms with van der Waals surface area (Å²) in [4.78, 5) is 6.22. The minimum Gasteiger partial charge on any atom is -0.486 e. The molecular formula is C24H26Cl2N6O. The predicted molar refractivity (Wildman–Crippen MR) is 133 cm³/mol. The quantitative estimate of drug-likeness (QED) is 0.336. The van der Waals surface area contributed by atoms with Crippen LogP contribution >= 0.6 is 23.2 Å². The molecule has 3 aromatic rings. The zero-order valence-electron chi connectivity index (χ0n) is 18.6. The van der Waals surface area contributed by atoms with Gasteiger partial charge in [0, 0.05) is 42.3 Å². The summed E-state index contributed by atoms with van der Waals surface area (Å²) >= 11 is 12.5. The maximum Gasteiger partial charge on any atom is 0.151 e. The summed E-state index contributed by atoms with van der Waals surface area (Å²) in [6, 6.07) is 8.91. The van der Waals surface area contributed by atoms with Gasteiger partial charge in [-0.2, -0.15) is 0 Å². The van der Waals surface area contributed by atoms with Gasteiger partial charge in [-0.25, -0.2) is 0 Å². The van der Waals surface area contributed by atoms with Crippen molar-refractivity contribution in [2.24, 2.45) is 5.92 Å². The standard InChI is InChI=1S/C24H26Cl2N6O/c1-3-15-8-9-32(13-15)22-7-6-21(30-31-22)24(28)17-10-16(4-5-20(17)27)33-14(2)23-18(25)11-29-12-19(23)26/h4-7,10-12,14-15,28H,3,8-9,13,27H2,1-2H3/t14-,15?/m1/s1. The van der Waals surface area contributed by atoms with Gasteiger partial charge in [0.2, 0.25) is 0 Å². The van der Waals surface area contributed by atoms with Crippen molar-refractivity contribution in [3.8, 4) is 5.75 Å². The fourth-order valence-electron chi connectivity index (χ4n) is 4.04. The number of hydrogen-bond acceptors (Lipinski definition) is 7. The van der Waals surface area contributed by atoms with Crippen molar-refractivity contribution in [2.45, 2.75) is 32.8 Å². The molecular weight excluding hydrogens is 459 g/mol. The Bertz CT molecular complexity index is 1130. The van der Waals surface area contributed by atoms with E-state index in [1.165, 1.54) is 25.2 Å². The minimum atomic E-state index is -0.426. The van der Waals surface area contributed by atoms with Gasteiger partial charge in [-0.3, -0.25) is 10.4 Å². The topological polar surface area (TPSA) is 101 Å². The molecule has 2 atom stereocenters. The highest BCUT2D eigenvalue weighted by atomic mass is 35.5. The lowest BCUT2D eigenvalue weighted by Gasteiger charge is -2.19. The van der Waals surface area contributed by atoms with Gasteiger partial charge in [-0.1, -0.05) is 36.5 Å². The second-order valence-electron chi connectivity index (χ2n) is 8.19. The van der Waals surface area contributed by atoms with E-state index in [1.54, 1.807) is 18.2 Å². The molecule has 0 bridgehead atoms. The Morgan fingerprint density at radius 3 is 2.61 bits per heavy atom. The number of halogens is 2. The number of nitrogens with zero attached hydrogens (tertiary/aromatic N) is 4. The molecule has 172 valence electrons. The van der Waals surface area contributed by atoms with Gasteiger partial charge in [-0.05, 0) is 49.6 Å². The second kappa shape index (κ2) is 9.93. The molecule has 0 aliphatic carbocycles. The van der Waals surface area contributed by atoms with E-state index >= 15 is 0 Å². The van der Waals surface area contributed by atoms with E-state index in [1.807, 2.05) is 19.1 Å². The van der Waals surface area contributed by atoms with E-state index in [4.69, 9.17) is 39.1 Å². The molecule has 33 heavy (non-hydrogen) atoms. The summed E-state index contributed by atoms with van der Waals surface area (Å²) in [5.41, 5.74) is 8.42. The van der Waals surface area contributed by atoms with Gasteiger partial charge < -0.3 is 15.4 Å². The van der Waals surface area contributed by atoms with Crippen LogP contribution in [0.2, 0.25) is 10.0 Å². The molecule has 0 radical (unpaired) electrons. The van der Waals surface area contributed by atoms with Crippen LogP contribution in [0.5, 0.6) is 5.75 Å². The van der Waals surface area contributed by atoms with Crippen molar-refractivity contribution in [1.82, 2.24) is 15.2 Å². The van der Waals surface area contributed by atoms with Gasteiger partial charge in [0.1, 0.15) is 17.5 Å². The Hall–Kier alpha value is -2.90. The van der Waals surface area contributed by atoms with Crippen LogP contribution in [0.3, 0.4) is 0 Å². The zero-order valence-corrected chi connectivity index (χ0v) is 20.1. The first-order valence-corrected chi connectivity index (χ1v) is 11.7. The molecule has 1 aromatic carbocycles. The van der Waals surface area contributed by atoms with Crippen LogP contribution in [-0.4, -0.2) is 34.0 Å². The van der Waals surface area contributed by atoms with Gasteiger partial charge in [0.05, 0.1) is 15.8 Å². The van der Waals surface area contributed by atoms with E-state index in [-0.39, 0.29) is 5.71 Å². The average molecular weight is 485 g/mol. The minimum absolute atomic E-state index is 0.178. The third kappa shape index (κ3) is 5.04. The van der Waals surface area contributed by atoms with Crippen molar-refractivity contribution in [3.05, 3.63) is 69.6 Å². The molecule has 9 heteroatoms. The number of hydrogen-bond donors (Lipinski definition) is 2. The second-order valence-corrected chi connectivity index (χ2v) is 9.00. The number of rotatable bonds is 7. The number of ether oxygens (including phenoxy) is 1. The fourth-order valence-corrected chi connectivity index (χ4v) is 4.71. The maximum absolute atomic E-state index is 8.66. The van der Waals surface area contributed by atoms with Crippen molar-refractivity contribution in [3.63, 3.8) is 0 Å². The lowest BCUT2D eigenvalue weighted by molar-refractivity contribution is 0.227. The van der Waals surface area contributed by atoms with E-state index in [2.05, 4.69) is 27.0 Å². The third-order valence-corrected chi connectivity index (χ3v) is 6.60. The summed E-state index contributed by atoms with van der Waals surface area (Å²) in [6.07, 6.45) is 4.97. The number of nitrogen functional groups attached to an aromatic ring is 1. The molecule has 0 saturated carbocycles. The van der Waals surface area contributed by atoms with Crippen molar-refractivity contribution in [1.29, 1.82) is 5.41 Å². The lowest BCUT2D eigenvalue weighted by Crippen LogP contribution is -2.21. The summed E-state index contributed by atoms with van der Waals surface area (Å²) in [7, 11) is 0. The van der Waals surface area contributed by atoms with Crippen LogP contribution in [0.25, 0.3) is 0 Å². The van der Waals surface area contributed by atoms with E-state index in [0.29, 0.717) is 44.2 Å². The van der Waals surface area contributed by atoms with Gasteiger partial charge in [0.25, 0.3) is 0 Å². The Morgan fingerprint density at radius 2 is 1.97 bits per heavy atom. The Kier molecular flexibility index (Phi) is 7.00. The number of aromatic nitrogens is 3. The van der Waals surface area contributed by atoms with Crippen LogP contribution in [0.1, 0.15) is 49.6 Å². The van der Waals surface area contributed by atoms with Crippen LogP contribution < -0.4 is 15.4 Å². The number of pyridine rings is 1. The molecule has 1 unspecified atom stereocenters. The molecule has 1 aliphatic heterocycles. The van der Waals surface area contributed by atoms with Gasteiger partial charge in [0.15, 0.2) is 5.82 Å². The van der Waals surface area contributed by atoms with Crippen LogP contribution in [-0.2, 0) is 0 Å². The highest BCUT2D eigenvalue weighted by molar-refractivity contribution is 6.35. The van der Waals surface area contributed by atoms with Crippen molar-refractivity contribution < 1.29 is 4.74 Å². The maximum atomic E-state index is 8.66. The van der Waals surface area contributed by atoms with Crippen molar-refractivity contribution in [2.75, 3.05) is 23.7 Å². The molecule has 3 N–H and O–H groups in total. The first-order chi connectivity index (χ1) is 15.9. The van der Waals surface area contributed by atoms with Gasteiger partial charge in [-0.15, -0.1) is 10.2 Å². The highest BCUT2D eigenvalue weighted by Crippen LogP contribution is 2.33. The van der Waals surface area contributed by atoms with Crippen molar-refractivity contribution >= 4 is 40.4 Å². The Labute approximate surface area is 203 Å². The third-order valence-electron chi connectivity index (χ3n) is 6.00. The summed E-state index contributed by atoms with van der Waals surface area (Å²) < 4.78 is 6.06. The molecule has 0 spiro atoms. The number of nitrogens with two attached hydrogens (primary N) is 1. The fraction of sp³-hybridized carbons (Fsp3) is 0.333. The first-order valence-electron chi connectivity index (χ1n) is 10.9. The molecule has 1 fully saturated rings. The summed E-state index contributed by atoms with van der Waals surface area (Å²) in [6.45, 7) is 6.05. The molecule has 0 amide bonds. The molecule has 7 nitrogen and oxygen atoms in total. The van der Waals surface area contributed by atoms with Crippen LogP contribution in [0.4, 0.5) is 11.5 Å².